The molecule has 0 bridgehead atoms. The maximum Gasteiger partial charge on any atom is 0.178 e. The summed E-state index contributed by atoms with van der Waals surface area (Å²) in [6, 6.07) is 17.4. The molecule has 4 rings (SSSR count). The first-order valence-corrected chi connectivity index (χ1v) is 8.18. The van der Waals surface area contributed by atoms with E-state index in [1.165, 1.54) is 5.56 Å². The van der Waals surface area contributed by atoms with E-state index in [0.717, 1.165) is 39.2 Å². The van der Waals surface area contributed by atoms with E-state index in [4.69, 9.17) is 4.42 Å². The summed E-state index contributed by atoms with van der Waals surface area (Å²) in [6.45, 7) is 4.13. The van der Waals surface area contributed by atoms with Crippen molar-refractivity contribution in [2.45, 2.75) is 20.1 Å². The lowest BCUT2D eigenvalue weighted by molar-refractivity contribution is -0.0424. The van der Waals surface area contributed by atoms with Crippen LogP contribution in [0.15, 0.2) is 59.0 Å². The van der Waals surface area contributed by atoms with E-state index in [0.29, 0.717) is 5.56 Å². The Labute approximate surface area is 145 Å². The molecule has 0 aliphatic rings. The molecule has 0 aliphatic heterocycles. The number of furan rings is 1. The molecule has 0 radical (unpaired) electrons. The molecule has 0 saturated carbocycles. The van der Waals surface area contributed by atoms with Gasteiger partial charge >= 0.3 is 0 Å². The van der Waals surface area contributed by atoms with Gasteiger partial charge in [0, 0.05) is 16.6 Å². The molecule has 126 valence electrons. The Hall–Kier alpha value is -2.82. The van der Waals surface area contributed by atoms with Crippen molar-refractivity contribution in [2.24, 2.45) is 0 Å². The third-order valence-corrected chi connectivity index (χ3v) is 4.57. The van der Waals surface area contributed by atoms with Gasteiger partial charge in [0.25, 0.3) is 0 Å². The van der Waals surface area contributed by atoms with Crippen LogP contribution in [0.5, 0.6) is 0 Å². The molecule has 2 aromatic heterocycles. The summed E-state index contributed by atoms with van der Waals surface area (Å²) in [5.74, 6) is 0.807. The molecule has 2 heterocycles. The van der Waals surface area contributed by atoms with Crippen molar-refractivity contribution in [3.63, 3.8) is 0 Å². The molecule has 4 nitrogen and oxygen atoms in total. The Kier molecular flexibility index (Phi) is 3.71. The second kappa shape index (κ2) is 5.92. The molecule has 0 spiro atoms. The van der Waals surface area contributed by atoms with E-state index in [-0.39, 0.29) is 0 Å². The van der Waals surface area contributed by atoms with Crippen LogP contribution in [-0.2, 0) is 0 Å². The van der Waals surface area contributed by atoms with E-state index in [9.17, 15) is 10.2 Å². The van der Waals surface area contributed by atoms with Gasteiger partial charge < -0.3 is 19.6 Å². The van der Waals surface area contributed by atoms with Gasteiger partial charge in [-0.3, -0.25) is 0 Å². The number of benzene rings is 2. The Morgan fingerprint density at radius 1 is 0.840 bits per heavy atom. The zero-order chi connectivity index (χ0) is 17.6. The maximum absolute atomic E-state index is 9.19. The van der Waals surface area contributed by atoms with Crippen LogP contribution < -0.4 is 0 Å². The van der Waals surface area contributed by atoms with Crippen molar-refractivity contribution in [1.82, 2.24) is 4.98 Å². The van der Waals surface area contributed by atoms with Gasteiger partial charge in [-0.15, -0.1) is 0 Å². The van der Waals surface area contributed by atoms with Crippen LogP contribution in [0.25, 0.3) is 33.7 Å². The number of aliphatic hydroxyl groups is 2. The summed E-state index contributed by atoms with van der Waals surface area (Å²) < 4.78 is 6.07. The van der Waals surface area contributed by atoms with Gasteiger partial charge in [0.05, 0.1) is 5.69 Å². The number of nitrogens with one attached hydrogen (secondary N) is 1. The van der Waals surface area contributed by atoms with Crippen LogP contribution in [0, 0.1) is 13.8 Å². The van der Waals surface area contributed by atoms with E-state index in [1.54, 1.807) is 12.1 Å². The van der Waals surface area contributed by atoms with Crippen molar-refractivity contribution in [3.05, 3.63) is 71.3 Å². The monoisotopic (exact) mass is 333 g/mol. The van der Waals surface area contributed by atoms with Gasteiger partial charge in [0.15, 0.2) is 12.1 Å². The first kappa shape index (κ1) is 15.7. The number of hydrogen-bond donors (Lipinski definition) is 3. The van der Waals surface area contributed by atoms with Crippen molar-refractivity contribution in [1.29, 1.82) is 0 Å². The second-order valence-corrected chi connectivity index (χ2v) is 6.33. The zero-order valence-corrected chi connectivity index (χ0v) is 14.1. The van der Waals surface area contributed by atoms with E-state index >= 15 is 0 Å². The Bertz CT molecular complexity index is 1000. The lowest BCUT2D eigenvalue weighted by Crippen LogP contribution is -1.93. The molecule has 0 unspecified atom stereocenters. The maximum atomic E-state index is 9.19. The second-order valence-electron chi connectivity index (χ2n) is 6.33. The minimum Gasteiger partial charge on any atom is -0.454 e. The number of H-pyrrole nitrogens is 1. The van der Waals surface area contributed by atoms with Gasteiger partial charge in [0.2, 0.25) is 0 Å². The zero-order valence-electron chi connectivity index (χ0n) is 14.1. The molecule has 25 heavy (non-hydrogen) atoms. The molecule has 3 N–H and O–H groups in total. The summed E-state index contributed by atoms with van der Waals surface area (Å²) in [6.07, 6.45) is -1.45. The molecule has 0 atom stereocenters. The summed E-state index contributed by atoms with van der Waals surface area (Å²) in [7, 11) is 0. The highest BCUT2D eigenvalue weighted by Crippen LogP contribution is 2.32. The fourth-order valence-electron chi connectivity index (χ4n) is 3.07. The number of fused-ring (bicyclic) bond motifs is 1. The summed E-state index contributed by atoms with van der Waals surface area (Å²) >= 11 is 0. The first-order chi connectivity index (χ1) is 12.0. The molecule has 2 aromatic carbocycles. The fourth-order valence-corrected chi connectivity index (χ4v) is 3.07. The standard InChI is InChI=1S/C21H19NO3/c1-12-3-4-13(2)20-16(12)11-19(25-20)18-10-9-17(22-18)14-5-7-15(8-6-14)21(23)24/h3-11,21-24H,1-2H3. The minimum atomic E-state index is -1.45. The molecular formula is C21H19NO3. The topological polar surface area (TPSA) is 69.4 Å². The quantitative estimate of drug-likeness (QED) is 0.476. The third kappa shape index (κ3) is 2.76. The number of aromatic amines is 1. The minimum absolute atomic E-state index is 0.471. The molecule has 0 amide bonds. The van der Waals surface area contributed by atoms with Crippen molar-refractivity contribution < 1.29 is 14.6 Å². The van der Waals surface area contributed by atoms with Gasteiger partial charge in [-0.25, -0.2) is 0 Å². The van der Waals surface area contributed by atoms with Crippen LogP contribution in [0.3, 0.4) is 0 Å². The SMILES string of the molecule is Cc1ccc(C)c2oc(-c3ccc(-c4ccc(C(O)O)cc4)[nH]3)cc12. The van der Waals surface area contributed by atoms with Gasteiger partial charge in [-0.05, 0) is 48.7 Å². The van der Waals surface area contributed by atoms with Crippen molar-refractivity contribution in [2.75, 3.05) is 0 Å². The highest BCUT2D eigenvalue weighted by Gasteiger charge is 2.12. The van der Waals surface area contributed by atoms with Crippen LogP contribution in [0.2, 0.25) is 0 Å². The number of aryl methyl sites for hydroxylation is 2. The highest BCUT2D eigenvalue weighted by molar-refractivity contribution is 5.87. The predicted molar refractivity (Wildman–Crippen MR) is 98.1 cm³/mol. The molecular weight excluding hydrogens is 314 g/mol. The van der Waals surface area contributed by atoms with Gasteiger partial charge in [0.1, 0.15) is 5.58 Å². The van der Waals surface area contributed by atoms with Crippen LogP contribution in [0.4, 0.5) is 0 Å². The number of rotatable bonds is 3. The van der Waals surface area contributed by atoms with Crippen molar-refractivity contribution >= 4 is 11.0 Å². The fraction of sp³-hybridized carbons (Fsp3) is 0.143. The summed E-state index contributed by atoms with van der Waals surface area (Å²) in [4.78, 5) is 3.38. The number of aliphatic hydroxyl groups excluding tert-OH is 1. The Balaban J connectivity index is 1.72. The molecule has 0 saturated heterocycles. The highest BCUT2D eigenvalue weighted by atomic mass is 16.5. The van der Waals surface area contributed by atoms with Crippen molar-refractivity contribution in [3.8, 4) is 22.7 Å². The molecule has 0 aliphatic carbocycles. The van der Waals surface area contributed by atoms with Crippen LogP contribution >= 0.6 is 0 Å². The van der Waals surface area contributed by atoms with Gasteiger partial charge in [-0.1, -0.05) is 36.4 Å². The molecule has 4 aromatic rings. The summed E-state index contributed by atoms with van der Waals surface area (Å²) in [5, 5.41) is 19.5. The van der Waals surface area contributed by atoms with Crippen LogP contribution in [0.1, 0.15) is 23.0 Å². The third-order valence-electron chi connectivity index (χ3n) is 4.57. The van der Waals surface area contributed by atoms with E-state index in [1.807, 2.05) is 31.2 Å². The number of hydrogen-bond acceptors (Lipinski definition) is 3. The molecule has 0 fully saturated rings. The lowest BCUT2D eigenvalue weighted by atomic mass is 10.1. The van der Waals surface area contributed by atoms with Gasteiger partial charge in [-0.2, -0.15) is 0 Å². The van der Waals surface area contributed by atoms with E-state index in [2.05, 4.69) is 30.1 Å². The largest absolute Gasteiger partial charge is 0.454 e. The average molecular weight is 333 g/mol. The lowest BCUT2D eigenvalue weighted by Gasteiger charge is -2.04. The first-order valence-electron chi connectivity index (χ1n) is 8.18. The van der Waals surface area contributed by atoms with Crippen LogP contribution in [-0.4, -0.2) is 15.2 Å². The molecule has 4 heteroatoms. The smallest absolute Gasteiger partial charge is 0.178 e. The Morgan fingerprint density at radius 2 is 1.52 bits per heavy atom. The number of aromatic nitrogens is 1. The predicted octanol–water partition coefficient (Wildman–Crippen LogP) is 4.69. The summed E-state index contributed by atoms with van der Waals surface area (Å²) in [5.41, 5.74) is 6.54. The Morgan fingerprint density at radius 3 is 2.20 bits per heavy atom. The van der Waals surface area contributed by atoms with E-state index < -0.39 is 6.29 Å². The average Bonchev–Trinajstić information content (AvgIpc) is 3.26. The normalized spacial score (nSPS) is 11.6.